The number of aliphatic carboxylic acids is 1. The molecule has 1 aromatic carbocycles. The molecule has 0 bridgehead atoms. The Bertz CT molecular complexity index is 628. The predicted molar refractivity (Wildman–Crippen MR) is 108 cm³/mol. The second-order valence-corrected chi connectivity index (χ2v) is 8.16. The van der Waals surface area contributed by atoms with E-state index in [2.05, 4.69) is 12.1 Å². The summed E-state index contributed by atoms with van der Waals surface area (Å²) in [4.78, 5) is 10.5. The fourth-order valence-electron chi connectivity index (χ4n) is 3.95. The van der Waals surface area contributed by atoms with Crippen LogP contribution in [0.5, 0.6) is 0 Å². The Labute approximate surface area is 166 Å². The topological polar surface area (TPSA) is 77.8 Å². The second kappa shape index (κ2) is 10.8. The number of alkyl halides is 1. The number of carbonyl (C=O) groups is 1. The molecule has 4 nitrogen and oxygen atoms in total. The first-order valence-corrected chi connectivity index (χ1v) is 10.3. The van der Waals surface area contributed by atoms with Crippen molar-refractivity contribution >= 4 is 17.6 Å². The van der Waals surface area contributed by atoms with E-state index in [9.17, 15) is 15.0 Å². The van der Waals surface area contributed by atoms with Crippen molar-refractivity contribution < 1.29 is 20.1 Å². The number of hydrogen-bond donors (Lipinski definition) is 3. The first kappa shape index (κ1) is 21.9. The average molecular weight is 395 g/mol. The first-order valence-electron chi connectivity index (χ1n) is 9.84. The molecule has 150 valence electrons. The van der Waals surface area contributed by atoms with Gasteiger partial charge in [-0.2, -0.15) is 0 Å². The van der Waals surface area contributed by atoms with Crippen molar-refractivity contribution in [1.82, 2.24) is 0 Å². The zero-order chi connectivity index (χ0) is 19.8. The van der Waals surface area contributed by atoms with Crippen LogP contribution in [0.25, 0.3) is 0 Å². The molecule has 0 heterocycles. The molecule has 0 radical (unpaired) electrons. The molecule has 2 rings (SSSR count). The SMILES string of the molecule is CC(O)c1cccc(CC[C@@H]2[C@@H](C/C=C\CCCC(=O)O)[C@H](Cl)C[C@H]2O)c1. The van der Waals surface area contributed by atoms with Crippen molar-refractivity contribution in [3.8, 4) is 0 Å². The second-order valence-electron chi connectivity index (χ2n) is 7.60. The third kappa shape index (κ3) is 6.95. The van der Waals surface area contributed by atoms with Crippen molar-refractivity contribution in [2.24, 2.45) is 11.8 Å². The zero-order valence-corrected chi connectivity index (χ0v) is 16.7. The predicted octanol–water partition coefficient (Wildman–Crippen LogP) is 4.48. The zero-order valence-electron chi connectivity index (χ0n) is 15.9. The molecular formula is C22H31ClO4. The summed E-state index contributed by atoms with van der Waals surface area (Å²) in [5.41, 5.74) is 2.08. The van der Waals surface area contributed by atoms with Crippen LogP contribution in [0.3, 0.4) is 0 Å². The smallest absolute Gasteiger partial charge is 0.303 e. The van der Waals surface area contributed by atoms with E-state index in [4.69, 9.17) is 16.7 Å². The molecule has 1 unspecified atom stereocenters. The third-order valence-electron chi connectivity index (χ3n) is 5.51. The maximum atomic E-state index is 10.5. The molecule has 1 saturated carbocycles. The van der Waals surface area contributed by atoms with Gasteiger partial charge in [0.2, 0.25) is 0 Å². The molecule has 1 fully saturated rings. The Morgan fingerprint density at radius 1 is 1.33 bits per heavy atom. The van der Waals surface area contributed by atoms with E-state index < -0.39 is 12.1 Å². The summed E-state index contributed by atoms with van der Waals surface area (Å²) in [6.07, 6.45) is 8.01. The molecule has 1 aromatic rings. The number of carboxylic acids is 1. The summed E-state index contributed by atoms with van der Waals surface area (Å²) in [5, 5.41) is 28.8. The number of benzene rings is 1. The summed E-state index contributed by atoms with van der Waals surface area (Å²) in [6.45, 7) is 1.76. The van der Waals surface area contributed by atoms with Crippen LogP contribution in [0.15, 0.2) is 36.4 Å². The van der Waals surface area contributed by atoms with Gasteiger partial charge < -0.3 is 15.3 Å². The molecule has 0 spiro atoms. The van der Waals surface area contributed by atoms with Crippen LogP contribution in [-0.4, -0.2) is 32.8 Å². The molecule has 0 aromatic heterocycles. The molecular weight excluding hydrogens is 364 g/mol. The average Bonchev–Trinajstić information content (AvgIpc) is 2.89. The third-order valence-corrected chi connectivity index (χ3v) is 6.01. The highest BCUT2D eigenvalue weighted by Crippen LogP contribution is 2.41. The van der Waals surface area contributed by atoms with Crippen LogP contribution in [0.2, 0.25) is 0 Å². The van der Waals surface area contributed by atoms with Gasteiger partial charge in [-0.25, -0.2) is 0 Å². The largest absolute Gasteiger partial charge is 0.481 e. The van der Waals surface area contributed by atoms with Crippen molar-refractivity contribution in [3.63, 3.8) is 0 Å². The molecule has 3 N–H and O–H groups in total. The van der Waals surface area contributed by atoms with Crippen LogP contribution in [0, 0.1) is 11.8 Å². The number of carboxylic acid groups (broad SMARTS) is 1. The number of hydrogen-bond acceptors (Lipinski definition) is 3. The lowest BCUT2D eigenvalue weighted by Crippen LogP contribution is -2.21. The summed E-state index contributed by atoms with van der Waals surface area (Å²) < 4.78 is 0. The lowest BCUT2D eigenvalue weighted by atomic mass is 9.86. The van der Waals surface area contributed by atoms with Crippen molar-refractivity contribution in [2.75, 3.05) is 0 Å². The van der Waals surface area contributed by atoms with Gasteiger partial charge in [0.15, 0.2) is 0 Å². The minimum absolute atomic E-state index is 0.0301. The van der Waals surface area contributed by atoms with Gasteiger partial charge in [0.05, 0.1) is 12.2 Å². The number of aryl methyl sites for hydroxylation is 1. The molecule has 5 atom stereocenters. The van der Waals surface area contributed by atoms with Gasteiger partial charge in [-0.3, -0.25) is 4.79 Å². The molecule has 0 aliphatic heterocycles. The Morgan fingerprint density at radius 3 is 2.81 bits per heavy atom. The fourth-order valence-corrected chi connectivity index (χ4v) is 4.42. The van der Waals surface area contributed by atoms with Gasteiger partial charge in [0, 0.05) is 11.8 Å². The molecule has 27 heavy (non-hydrogen) atoms. The van der Waals surface area contributed by atoms with Crippen molar-refractivity contribution in [1.29, 1.82) is 0 Å². The Hall–Kier alpha value is -1.36. The highest BCUT2D eigenvalue weighted by atomic mass is 35.5. The summed E-state index contributed by atoms with van der Waals surface area (Å²) >= 11 is 6.49. The first-order chi connectivity index (χ1) is 12.9. The van der Waals surface area contributed by atoms with Crippen LogP contribution in [0.1, 0.15) is 62.7 Å². The summed E-state index contributed by atoms with van der Waals surface area (Å²) in [5.74, 6) is -0.369. The van der Waals surface area contributed by atoms with Crippen LogP contribution in [0.4, 0.5) is 0 Å². The van der Waals surface area contributed by atoms with Gasteiger partial charge in [0.1, 0.15) is 0 Å². The van der Waals surface area contributed by atoms with Crippen LogP contribution in [-0.2, 0) is 11.2 Å². The van der Waals surface area contributed by atoms with E-state index in [-0.39, 0.29) is 29.7 Å². The monoisotopic (exact) mass is 394 g/mol. The maximum absolute atomic E-state index is 10.5. The molecule has 1 aliphatic carbocycles. The van der Waals surface area contributed by atoms with Crippen LogP contribution < -0.4 is 0 Å². The van der Waals surface area contributed by atoms with Gasteiger partial charge in [0.25, 0.3) is 0 Å². The van der Waals surface area contributed by atoms with Gasteiger partial charge in [-0.1, -0.05) is 36.4 Å². The van der Waals surface area contributed by atoms with E-state index in [1.54, 1.807) is 6.92 Å². The van der Waals surface area contributed by atoms with E-state index in [1.165, 1.54) is 5.56 Å². The van der Waals surface area contributed by atoms with Crippen LogP contribution >= 0.6 is 11.6 Å². The minimum atomic E-state index is -0.761. The lowest BCUT2D eigenvalue weighted by molar-refractivity contribution is -0.137. The summed E-state index contributed by atoms with van der Waals surface area (Å²) in [7, 11) is 0. The fraction of sp³-hybridized carbons (Fsp3) is 0.591. The van der Waals surface area contributed by atoms with Crippen molar-refractivity contribution in [2.45, 2.75) is 69.5 Å². The van der Waals surface area contributed by atoms with Gasteiger partial charge in [-0.15, -0.1) is 11.6 Å². The highest BCUT2D eigenvalue weighted by molar-refractivity contribution is 6.21. The Balaban J connectivity index is 1.88. The van der Waals surface area contributed by atoms with Crippen molar-refractivity contribution in [3.05, 3.63) is 47.5 Å². The normalized spacial score (nSPS) is 26.5. The van der Waals surface area contributed by atoms with E-state index in [0.717, 1.165) is 31.2 Å². The number of aliphatic hydroxyl groups is 2. The molecule has 0 amide bonds. The number of halogens is 1. The maximum Gasteiger partial charge on any atom is 0.303 e. The standard InChI is InChI=1S/C22H31ClO4/c1-15(24)17-8-6-7-16(13-17)11-12-19-18(20(23)14-21(19)25)9-4-2-3-5-10-22(26)27/h2,4,6-8,13,15,18-21,24-25H,3,5,9-12,14H2,1H3,(H,26,27)/b4-2-/t15?,18-,19-,20-,21-/m1/s1. The van der Waals surface area contributed by atoms with E-state index >= 15 is 0 Å². The van der Waals surface area contributed by atoms with E-state index in [0.29, 0.717) is 12.8 Å². The van der Waals surface area contributed by atoms with Gasteiger partial charge in [-0.05, 0) is 68.4 Å². The van der Waals surface area contributed by atoms with E-state index in [1.807, 2.05) is 24.3 Å². The minimum Gasteiger partial charge on any atom is -0.481 e. The Morgan fingerprint density at radius 2 is 2.11 bits per heavy atom. The number of aliphatic hydroxyl groups excluding tert-OH is 2. The molecule has 5 heteroatoms. The van der Waals surface area contributed by atoms with Gasteiger partial charge >= 0.3 is 5.97 Å². The molecule has 0 saturated heterocycles. The Kier molecular flexibility index (Phi) is 8.81. The highest BCUT2D eigenvalue weighted by Gasteiger charge is 2.40. The lowest BCUT2D eigenvalue weighted by Gasteiger charge is -2.22. The number of rotatable bonds is 10. The number of allylic oxidation sites excluding steroid dienone is 2. The molecule has 1 aliphatic rings. The number of unbranched alkanes of at least 4 members (excludes halogenated alkanes) is 1. The summed E-state index contributed by atoms with van der Waals surface area (Å²) in [6, 6.07) is 7.97. The quantitative estimate of drug-likeness (QED) is 0.310.